The zero-order chi connectivity index (χ0) is 24.5. The van der Waals surface area contributed by atoms with Crippen LogP contribution in [0.25, 0.3) is 22.6 Å². The van der Waals surface area contributed by atoms with E-state index >= 15 is 0 Å². The predicted octanol–water partition coefficient (Wildman–Crippen LogP) is 5.82. The molecule has 2 heterocycles. The van der Waals surface area contributed by atoms with Gasteiger partial charge in [0.2, 0.25) is 5.89 Å². The molecular formula is C23H17F5N4O2. The summed E-state index contributed by atoms with van der Waals surface area (Å²) in [5.41, 5.74) is 0.132. The van der Waals surface area contributed by atoms with Gasteiger partial charge in [-0.2, -0.15) is 13.2 Å². The Morgan fingerprint density at radius 2 is 1.82 bits per heavy atom. The summed E-state index contributed by atoms with van der Waals surface area (Å²) in [6.07, 6.45) is -6.12. The third-order valence-electron chi connectivity index (χ3n) is 4.91. The summed E-state index contributed by atoms with van der Waals surface area (Å²) >= 11 is 0. The van der Waals surface area contributed by atoms with Crippen LogP contribution in [-0.4, -0.2) is 22.9 Å². The van der Waals surface area contributed by atoms with Gasteiger partial charge in [-0.1, -0.05) is 0 Å². The number of halogens is 5. The summed E-state index contributed by atoms with van der Waals surface area (Å²) in [5.74, 6) is -0.678. The average molecular weight is 476 g/mol. The van der Waals surface area contributed by atoms with E-state index < -0.39 is 29.8 Å². The fourth-order valence-electron chi connectivity index (χ4n) is 3.30. The number of oxazole rings is 1. The van der Waals surface area contributed by atoms with Gasteiger partial charge in [-0.15, -0.1) is 0 Å². The molecule has 4 rings (SSSR count). The molecule has 0 saturated carbocycles. The van der Waals surface area contributed by atoms with Gasteiger partial charge in [0.05, 0.1) is 11.1 Å². The Morgan fingerprint density at radius 1 is 1.09 bits per heavy atom. The molecular weight excluding hydrogens is 459 g/mol. The molecule has 0 spiro atoms. The Balaban J connectivity index is 1.59. The second-order valence-electron chi connectivity index (χ2n) is 7.34. The van der Waals surface area contributed by atoms with Crippen molar-refractivity contribution in [1.29, 1.82) is 0 Å². The molecule has 0 bridgehead atoms. The minimum absolute atomic E-state index is 0.0937. The fourth-order valence-corrected chi connectivity index (χ4v) is 3.30. The molecule has 0 aliphatic heterocycles. The van der Waals surface area contributed by atoms with Crippen molar-refractivity contribution in [2.75, 3.05) is 12.4 Å². The highest BCUT2D eigenvalue weighted by Gasteiger charge is 2.30. The number of carbonyl (C=O) groups is 1. The van der Waals surface area contributed by atoms with E-state index in [0.29, 0.717) is 28.8 Å². The average Bonchev–Trinajstić information content (AvgIpc) is 3.22. The number of alkyl halides is 5. The first-order chi connectivity index (χ1) is 16.2. The van der Waals surface area contributed by atoms with Gasteiger partial charge in [-0.3, -0.25) is 9.78 Å². The minimum atomic E-state index is -4.46. The number of carbonyl (C=O) groups excluding carboxylic acids is 1. The number of nitrogens with one attached hydrogen (secondary N) is 2. The van der Waals surface area contributed by atoms with E-state index in [4.69, 9.17) is 4.42 Å². The molecule has 4 aromatic rings. The van der Waals surface area contributed by atoms with E-state index in [2.05, 4.69) is 20.6 Å². The number of rotatable bonds is 6. The van der Waals surface area contributed by atoms with Crippen LogP contribution in [0, 0.1) is 0 Å². The summed E-state index contributed by atoms with van der Waals surface area (Å²) in [7, 11) is 1.67. The summed E-state index contributed by atoms with van der Waals surface area (Å²) in [4.78, 5) is 20.7. The lowest BCUT2D eigenvalue weighted by Crippen LogP contribution is -2.17. The van der Waals surface area contributed by atoms with Crippen molar-refractivity contribution >= 4 is 22.7 Å². The number of benzene rings is 2. The largest absolute Gasteiger partial charge is 0.436 e. The molecule has 2 aromatic carbocycles. The third-order valence-corrected chi connectivity index (χ3v) is 4.91. The highest BCUT2D eigenvalue weighted by molar-refractivity contribution is 6.05. The van der Waals surface area contributed by atoms with Crippen molar-refractivity contribution in [2.45, 2.75) is 19.1 Å². The van der Waals surface area contributed by atoms with Crippen LogP contribution in [0.1, 0.15) is 33.6 Å². The van der Waals surface area contributed by atoms with E-state index in [1.165, 1.54) is 42.6 Å². The number of anilines is 1. The van der Waals surface area contributed by atoms with Crippen molar-refractivity contribution in [3.8, 4) is 11.5 Å². The monoisotopic (exact) mass is 476 g/mol. The van der Waals surface area contributed by atoms with Crippen LogP contribution in [0.15, 0.2) is 59.1 Å². The zero-order valence-corrected chi connectivity index (χ0v) is 17.6. The number of pyridine rings is 1. The quantitative estimate of drug-likeness (QED) is 0.343. The molecule has 0 atom stereocenters. The Hall–Kier alpha value is -3.86. The molecule has 0 saturated heterocycles. The van der Waals surface area contributed by atoms with Gasteiger partial charge < -0.3 is 15.1 Å². The van der Waals surface area contributed by atoms with Crippen molar-refractivity contribution in [3.63, 3.8) is 0 Å². The second-order valence-corrected chi connectivity index (χ2v) is 7.34. The van der Waals surface area contributed by atoms with Gasteiger partial charge in [0.15, 0.2) is 5.58 Å². The zero-order valence-electron chi connectivity index (χ0n) is 17.6. The van der Waals surface area contributed by atoms with Crippen LogP contribution in [0.5, 0.6) is 0 Å². The molecule has 176 valence electrons. The standard InChI is InChI=1S/C23H17F5N4O2/c1-29-10-12-8-16(19(20(24)25)30-11-12)21(33)31-15-6-7-18-17(9-15)32-22(34-18)13-2-4-14(5-3-13)23(26,27)28/h2-9,11,20,29H,10H2,1H3,(H,31,33). The molecule has 1 amide bonds. The van der Waals surface area contributed by atoms with Crippen LogP contribution in [-0.2, 0) is 12.7 Å². The Bertz CT molecular complexity index is 1330. The molecule has 2 N–H and O–H groups in total. The highest BCUT2D eigenvalue weighted by Crippen LogP contribution is 2.32. The number of hydrogen-bond acceptors (Lipinski definition) is 5. The second kappa shape index (κ2) is 9.18. The lowest BCUT2D eigenvalue weighted by atomic mass is 10.1. The van der Waals surface area contributed by atoms with Crippen LogP contribution >= 0.6 is 0 Å². The topological polar surface area (TPSA) is 80.0 Å². The van der Waals surface area contributed by atoms with Crippen LogP contribution < -0.4 is 10.6 Å². The van der Waals surface area contributed by atoms with Crippen molar-refractivity contribution in [3.05, 3.63) is 77.1 Å². The van der Waals surface area contributed by atoms with Crippen LogP contribution in [0.2, 0.25) is 0 Å². The lowest BCUT2D eigenvalue weighted by molar-refractivity contribution is -0.137. The normalized spacial score (nSPS) is 11.9. The predicted molar refractivity (Wildman–Crippen MR) is 114 cm³/mol. The van der Waals surface area contributed by atoms with Gasteiger partial charge in [0.25, 0.3) is 12.3 Å². The maximum atomic E-state index is 13.4. The van der Waals surface area contributed by atoms with Crippen molar-refractivity contribution in [2.24, 2.45) is 0 Å². The molecule has 11 heteroatoms. The molecule has 0 unspecified atom stereocenters. The molecule has 0 fully saturated rings. The van der Waals surface area contributed by atoms with Crippen LogP contribution in [0.4, 0.5) is 27.6 Å². The molecule has 2 aromatic heterocycles. The fraction of sp³-hybridized carbons (Fsp3) is 0.174. The van der Waals surface area contributed by atoms with Gasteiger partial charge in [-0.25, -0.2) is 13.8 Å². The number of nitrogens with zero attached hydrogens (tertiary/aromatic N) is 2. The van der Waals surface area contributed by atoms with E-state index in [-0.39, 0.29) is 17.1 Å². The van der Waals surface area contributed by atoms with E-state index in [1.807, 2.05) is 0 Å². The number of fused-ring (bicyclic) bond motifs is 1. The third kappa shape index (κ3) is 4.88. The maximum Gasteiger partial charge on any atom is 0.416 e. The van der Waals surface area contributed by atoms with Gasteiger partial charge in [0.1, 0.15) is 11.2 Å². The lowest BCUT2D eigenvalue weighted by Gasteiger charge is -2.11. The number of aromatic nitrogens is 2. The first-order valence-corrected chi connectivity index (χ1v) is 9.97. The Labute approximate surface area is 189 Å². The Kier molecular flexibility index (Phi) is 6.29. The Morgan fingerprint density at radius 3 is 2.47 bits per heavy atom. The number of amides is 1. The van der Waals surface area contributed by atoms with E-state index in [0.717, 1.165) is 12.1 Å². The first-order valence-electron chi connectivity index (χ1n) is 9.97. The molecule has 0 aliphatic carbocycles. The maximum absolute atomic E-state index is 13.4. The molecule has 6 nitrogen and oxygen atoms in total. The molecule has 0 aliphatic rings. The van der Waals surface area contributed by atoms with Gasteiger partial charge in [-0.05, 0) is 61.1 Å². The SMILES string of the molecule is CNCc1cnc(C(F)F)c(C(=O)Nc2ccc3oc(-c4ccc(C(F)(F)F)cc4)nc3c2)c1. The highest BCUT2D eigenvalue weighted by atomic mass is 19.4. The summed E-state index contributed by atoms with van der Waals surface area (Å²) in [5, 5.41) is 5.41. The first kappa shape index (κ1) is 23.3. The van der Waals surface area contributed by atoms with Gasteiger partial charge >= 0.3 is 6.18 Å². The minimum Gasteiger partial charge on any atom is -0.436 e. The summed E-state index contributed by atoms with van der Waals surface area (Å²) in [6, 6.07) is 10.2. The summed E-state index contributed by atoms with van der Waals surface area (Å²) < 4.78 is 70.6. The molecule has 0 radical (unpaired) electrons. The van der Waals surface area contributed by atoms with E-state index in [1.54, 1.807) is 7.05 Å². The van der Waals surface area contributed by atoms with Crippen molar-refractivity contribution < 1.29 is 31.2 Å². The van der Waals surface area contributed by atoms with Crippen molar-refractivity contribution in [1.82, 2.24) is 15.3 Å². The smallest absolute Gasteiger partial charge is 0.416 e. The van der Waals surface area contributed by atoms with Gasteiger partial charge in [0, 0.05) is 24.0 Å². The van der Waals surface area contributed by atoms with E-state index in [9.17, 15) is 26.7 Å². The number of hydrogen-bond donors (Lipinski definition) is 2. The molecule has 34 heavy (non-hydrogen) atoms. The van der Waals surface area contributed by atoms with Crippen LogP contribution in [0.3, 0.4) is 0 Å². The summed E-state index contributed by atoms with van der Waals surface area (Å²) in [6.45, 7) is 0.342.